The van der Waals surface area contributed by atoms with Crippen LogP contribution in [0.1, 0.15) is 32.6 Å². The first-order chi connectivity index (χ1) is 7.91. The molecule has 98 valence electrons. The Morgan fingerprint density at radius 3 is 2.47 bits per heavy atom. The molecule has 2 fully saturated rings. The number of hydrogen-bond acceptors (Lipinski definition) is 4. The van der Waals surface area contributed by atoms with E-state index in [1.807, 2.05) is 6.92 Å². The summed E-state index contributed by atoms with van der Waals surface area (Å²) in [5.41, 5.74) is -0.874. The standard InChI is InChI=1S/C12H21NO4/c1-11(17-6-10(14)15)7-13(8-11)9-12(16)4-2-3-5-12/h16H,2-9H2,1H3,(H,14,15). The van der Waals surface area contributed by atoms with E-state index in [0.717, 1.165) is 25.7 Å². The van der Waals surface area contributed by atoms with Gasteiger partial charge in [0.25, 0.3) is 0 Å². The Morgan fingerprint density at radius 1 is 1.35 bits per heavy atom. The summed E-state index contributed by atoms with van der Waals surface area (Å²) in [6, 6.07) is 0. The zero-order chi connectivity index (χ0) is 12.5. The van der Waals surface area contributed by atoms with Gasteiger partial charge in [-0.2, -0.15) is 0 Å². The molecule has 0 unspecified atom stereocenters. The second-order valence-electron chi connectivity index (χ2n) is 5.71. The minimum absolute atomic E-state index is 0.241. The number of rotatable bonds is 5. The van der Waals surface area contributed by atoms with Gasteiger partial charge in [0, 0.05) is 19.6 Å². The summed E-state index contributed by atoms with van der Waals surface area (Å²) < 4.78 is 5.33. The van der Waals surface area contributed by atoms with Crippen LogP contribution in [0, 0.1) is 0 Å². The zero-order valence-electron chi connectivity index (χ0n) is 10.3. The maximum absolute atomic E-state index is 10.4. The predicted molar refractivity (Wildman–Crippen MR) is 61.9 cm³/mol. The molecule has 0 atom stereocenters. The summed E-state index contributed by atoms with van der Waals surface area (Å²) in [6.07, 6.45) is 3.99. The number of likely N-dealkylation sites (tertiary alicyclic amines) is 1. The predicted octanol–water partition coefficient (Wildman–Crippen LogP) is 0.467. The molecule has 2 aliphatic rings. The number of aliphatic hydroxyl groups is 1. The summed E-state index contributed by atoms with van der Waals surface area (Å²) in [6.45, 7) is 3.80. The molecule has 0 bridgehead atoms. The Balaban J connectivity index is 1.72. The molecule has 1 saturated carbocycles. The molecule has 0 aromatic rings. The monoisotopic (exact) mass is 243 g/mol. The lowest BCUT2D eigenvalue weighted by Crippen LogP contribution is -2.64. The Labute approximate surface area is 101 Å². The Kier molecular flexibility index (Phi) is 3.43. The molecule has 0 aromatic carbocycles. The van der Waals surface area contributed by atoms with Gasteiger partial charge in [-0.3, -0.25) is 4.90 Å². The van der Waals surface area contributed by atoms with Crippen molar-refractivity contribution in [1.29, 1.82) is 0 Å². The summed E-state index contributed by atoms with van der Waals surface area (Å²) in [5.74, 6) is -0.931. The van der Waals surface area contributed by atoms with E-state index in [1.165, 1.54) is 0 Å². The Morgan fingerprint density at radius 2 is 1.94 bits per heavy atom. The Hall–Kier alpha value is -0.650. The third-order valence-electron chi connectivity index (χ3n) is 3.71. The lowest BCUT2D eigenvalue weighted by Gasteiger charge is -2.49. The van der Waals surface area contributed by atoms with Gasteiger partial charge in [0.05, 0.1) is 11.2 Å². The molecule has 1 aliphatic heterocycles. The van der Waals surface area contributed by atoms with Crippen LogP contribution in [0.2, 0.25) is 0 Å². The van der Waals surface area contributed by atoms with Crippen LogP contribution in [0.5, 0.6) is 0 Å². The number of carbonyl (C=O) groups is 1. The van der Waals surface area contributed by atoms with Crippen molar-refractivity contribution in [2.24, 2.45) is 0 Å². The topological polar surface area (TPSA) is 70.0 Å². The number of aliphatic carboxylic acids is 1. The molecule has 1 saturated heterocycles. The van der Waals surface area contributed by atoms with E-state index in [9.17, 15) is 9.90 Å². The van der Waals surface area contributed by atoms with Gasteiger partial charge in [0.15, 0.2) is 0 Å². The SMILES string of the molecule is CC1(OCC(=O)O)CN(CC2(O)CCCC2)C1. The van der Waals surface area contributed by atoms with Crippen molar-refractivity contribution in [3.8, 4) is 0 Å². The molecular formula is C12H21NO4. The van der Waals surface area contributed by atoms with Gasteiger partial charge in [-0.25, -0.2) is 4.79 Å². The van der Waals surface area contributed by atoms with Crippen molar-refractivity contribution in [2.75, 3.05) is 26.2 Å². The van der Waals surface area contributed by atoms with Crippen LogP contribution in [0.25, 0.3) is 0 Å². The summed E-state index contributed by atoms with van der Waals surface area (Å²) in [7, 11) is 0. The number of carboxylic acids is 1. The van der Waals surface area contributed by atoms with E-state index in [2.05, 4.69) is 4.90 Å². The van der Waals surface area contributed by atoms with Gasteiger partial charge < -0.3 is 14.9 Å². The molecule has 1 aliphatic carbocycles. The van der Waals surface area contributed by atoms with E-state index in [4.69, 9.17) is 9.84 Å². The minimum Gasteiger partial charge on any atom is -0.480 e. The van der Waals surface area contributed by atoms with Gasteiger partial charge in [-0.05, 0) is 19.8 Å². The average molecular weight is 243 g/mol. The van der Waals surface area contributed by atoms with Crippen LogP contribution in [-0.2, 0) is 9.53 Å². The third-order valence-corrected chi connectivity index (χ3v) is 3.71. The first kappa shape index (κ1) is 12.8. The number of β-amino-alcohol motifs (C(OH)–C–C–N with tert-alkyl or cyclic N) is 1. The van der Waals surface area contributed by atoms with E-state index in [-0.39, 0.29) is 12.2 Å². The molecule has 5 heteroatoms. The van der Waals surface area contributed by atoms with Crippen LogP contribution in [0.3, 0.4) is 0 Å². The van der Waals surface area contributed by atoms with Crippen molar-refractivity contribution in [2.45, 2.75) is 43.8 Å². The van der Waals surface area contributed by atoms with E-state index >= 15 is 0 Å². The highest BCUT2D eigenvalue weighted by Gasteiger charge is 2.44. The summed E-state index contributed by atoms with van der Waals surface area (Å²) in [5, 5.41) is 18.8. The molecule has 5 nitrogen and oxygen atoms in total. The van der Waals surface area contributed by atoms with E-state index < -0.39 is 11.6 Å². The second kappa shape index (κ2) is 4.55. The van der Waals surface area contributed by atoms with Crippen LogP contribution in [0.15, 0.2) is 0 Å². The van der Waals surface area contributed by atoms with Crippen LogP contribution in [-0.4, -0.2) is 58.5 Å². The summed E-state index contributed by atoms with van der Waals surface area (Å²) >= 11 is 0. The van der Waals surface area contributed by atoms with Crippen molar-refractivity contribution >= 4 is 5.97 Å². The highest BCUT2D eigenvalue weighted by molar-refractivity contribution is 5.68. The lowest BCUT2D eigenvalue weighted by atomic mass is 9.92. The molecule has 1 heterocycles. The normalized spacial score (nSPS) is 26.7. The highest BCUT2D eigenvalue weighted by Crippen LogP contribution is 2.33. The maximum atomic E-state index is 10.4. The van der Waals surface area contributed by atoms with Crippen LogP contribution >= 0.6 is 0 Å². The number of nitrogens with zero attached hydrogens (tertiary/aromatic N) is 1. The van der Waals surface area contributed by atoms with Crippen molar-refractivity contribution < 1.29 is 19.7 Å². The van der Waals surface area contributed by atoms with Crippen molar-refractivity contribution in [3.63, 3.8) is 0 Å². The molecule has 17 heavy (non-hydrogen) atoms. The fourth-order valence-corrected chi connectivity index (χ4v) is 2.95. The van der Waals surface area contributed by atoms with Gasteiger partial charge >= 0.3 is 5.97 Å². The smallest absolute Gasteiger partial charge is 0.329 e. The van der Waals surface area contributed by atoms with E-state index in [0.29, 0.717) is 19.6 Å². The van der Waals surface area contributed by atoms with Crippen LogP contribution in [0.4, 0.5) is 0 Å². The highest BCUT2D eigenvalue weighted by atomic mass is 16.5. The van der Waals surface area contributed by atoms with Gasteiger partial charge in [-0.1, -0.05) is 12.8 Å². The molecule has 0 amide bonds. The number of carboxylic acid groups (broad SMARTS) is 1. The average Bonchev–Trinajstić information content (AvgIpc) is 2.60. The zero-order valence-corrected chi connectivity index (χ0v) is 10.3. The minimum atomic E-state index is -0.931. The molecular weight excluding hydrogens is 222 g/mol. The quantitative estimate of drug-likeness (QED) is 0.734. The number of hydrogen-bond donors (Lipinski definition) is 2. The fourth-order valence-electron chi connectivity index (χ4n) is 2.95. The molecule has 0 radical (unpaired) electrons. The van der Waals surface area contributed by atoms with Gasteiger partial charge in [0.2, 0.25) is 0 Å². The fraction of sp³-hybridized carbons (Fsp3) is 0.917. The largest absolute Gasteiger partial charge is 0.480 e. The van der Waals surface area contributed by atoms with E-state index in [1.54, 1.807) is 0 Å². The lowest BCUT2D eigenvalue weighted by molar-refractivity contribution is -0.170. The van der Waals surface area contributed by atoms with Crippen molar-refractivity contribution in [1.82, 2.24) is 4.90 Å². The first-order valence-electron chi connectivity index (χ1n) is 6.21. The molecule has 2 rings (SSSR count). The summed E-state index contributed by atoms with van der Waals surface area (Å²) in [4.78, 5) is 12.6. The van der Waals surface area contributed by atoms with Crippen molar-refractivity contribution in [3.05, 3.63) is 0 Å². The van der Waals surface area contributed by atoms with Gasteiger partial charge in [-0.15, -0.1) is 0 Å². The maximum Gasteiger partial charge on any atom is 0.329 e. The van der Waals surface area contributed by atoms with Gasteiger partial charge in [0.1, 0.15) is 6.61 Å². The third kappa shape index (κ3) is 3.18. The molecule has 2 N–H and O–H groups in total. The number of ether oxygens (including phenoxy) is 1. The Bertz CT molecular complexity index is 293. The second-order valence-corrected chi connectivity index (χ2v) is 5.71. The first-order valence-corrected chi connectivity index (χ1v) is 6.21. The molecule has 0 spiro atoms. The van der Waals surface area contributed by atoms with Crippen LogP contribution < -0.4 is 0 Å². The molecule has 0 aromatic heterocycles.